The summed E-state index contributed by atoms with van der Waals surface area (Å²) in [5.41, 5.74) is 0. The topological polar surface area (TPSA) is 63.2 Å². The molecule has 0 unspecified atom stereocenters. The molecule has 0 bridgehead atoms. The lowest BCUT2D eigenvalue weighted by Gasteiger charge is -2.26. The molecule has 100 valence electrons. The van der Waals surface area contributed by atoms with Gasteiger partial charge >= 0.3 is 0 Å². The monoisotopic (exact) mass is 251 g/mol. The molecule has 1 fully saturated rings. The Bertz CT molecular complexity index is 365. The average molecular weight is 251 g/mol. The van der Waals surface area contributed by atoms with Crippen LogP contribution >= 0.6 is 0 Å². The number of morpholine rings is 1. The van der Waals surface area contributed by atoms with Crippen molar-refractivity contribution >= 4 is 11.8 Å². The van der Waals surface area contributed by atoms with E-state index in [1.54, 1.807) is 6.20 Å². The van der Waals surface area contributed by atoms with Gasteiger partial charge in [-0.2, -0.15) is 10.1 Å². The standard InChI is InChI=1S/C12H21N5O/c1-10(2)3-4-13-11-9-14-16-12(15-11)17-5-7-18-8-6-17/h9-10H,3-8H2,1-2H3,(H,13,15,16). The summed E-state index contributed by atoms with van der Waals surface area (Å²) < 4.78 is 5.31. The predicted octanol–water partition coefficient (Wildman–Crippen LogP) is 1.17. The van der Waals surface area contributed by atoms with Crippen LogP contribution in [0.4, 0.5) is 11.8 Å². The SMILES string of the molecule is CC(C)CCNc1cnnc(N2CCOCC2)n1. The van der Waals surface area contributed by atoms with Crippen LogP contribution in [0.1, 0.15) is 20.3 Å². The molecule has 6 heteroatoms. The van der Waals surface area contributed by atoms with Crippen LogP contribution in [0.5, 0.6) is 0 Å². The van der Waals surface area contributed by atoms with Gasteiger partial charge in [-0.3, -0.25) is 0 Å². The summed E-state index contributed by atoms with van der Waals surface area (Å²) in [4.78, 5) is 6.58. The van der Waals surface area contributed by atoms with Crippen molar-refractivity contribution < 1.29 is 4.74 Å². The van der Waals surface area contributed by atoms with Crippen LogP contribution in [0, 0.1) is 5.92 Å². The third-order valence-corrected chi connectivity index (χ3v) is 2.87. The first-order valence-corrected chi connectivity index (χ1v) is 6.52. The zero-order valence-corrected chi connectivity index (χ0v) is 11.1. The van der Waals surface area contributed by atoms with Gasteiger partial charge in [-0.25, -0.2) is 0 Å². The van der Waals surface area contributed by atoms with Gasteiger partial charge < -0.3 is 15.0 Å². The minimum absolute atomic E-state index is 0.686. The first-order chi connectivity index (χ1) is 8.75. The van der Waals surface area contributed by atoms with Gasteiger partial charge in [-0.15, -0.1) is 5.10 Å². The molecule has 0 atom stereocenters. The Hall–Kier alpha value is -1.43. The molecule has 2 rings (SSSR count). The molecule has 0 amide bonds. The van der Waals surface area contributed by atoms with Crippen molar-refractivity contribution in [3.05, 3.63) is 6.20 Å². The van der Waals surface area contributed by atoms with E-state index in [0.717, 1.165) is 45.1 Å². The third-order valence-electron chi connectivity index (χ3n) is 2.87. The number of ether oxygens (including phenoxy) is 1. The van der Waals surface area contributed by atoms with E-state index in [9.17, 15) is 0 Å². The first kappa shape index (κ1) is 13.0. The lowest BCUT2D eigenvalue weighted by atomic mass is 10.1. The van der Waals surface area contributed by atoms with E-state index in [-0.39, 0.29) is 0 Å². The van der Waals surface area contributed by atoms with E-state index in [2.05, 4.69) is 39.2 Å². The van der Waals surface area contributed by atoms with Crippen molar-refractivity contribution in [2.24, 2.45) is 5.92 Å². The van der Waals surface area contributed by atoms with Crippen molar-refractivity contribution in [3.8, 4) is 0 Å². The fourth-order valence-electron chi connectivity index (χ4n) is 1.77. The molecule has 0 radical (unpaired) electrons. The number of hydrogen-bond acceptors (Lipinski definition) is 6. The zero-order chi connectivity index (χ0) is 12.8. The van der Waals surface area contributed by atoms with E-state index in [1.165, 1.54) is 0 Å². The summed E-state index contributed by atoms with van der Waals surface area (Å²) >= 11 is 0. The third kappa shape index (κ3) is 3.80. The highest BCUT2D eigenvalue weighted by molar-refractivity contribution is 5.38. The molecule has 1 saturated heterocycles. The lowest BCUT2D eigenvalue weighted by Crippen LogP contribution is -2.37. The minimum Gasteiger partial charge on any atom is -0.378 e. The van der Waals surface area contributed by atoms with E-state index >= 15 is 0 Å². The number of nitrogens with one attached hydrogen (secondary N) is 1. The number of nitrogens with zero attached hydrogens (tertiary/aromatic N) is 4. The van der Waals surface area contributed by atoms with Crippen LogP contribution in [0.2, 0.25) is 0 Å². The van der Waals surface area contributed by atoms with Crippen molar-refractivity contribution in [2.45, 2.75) is 20.3 Å². The molecule has 2 heterocycles. The molecular formula is C12H21N5O. The molecule has 0 saturated carbocycles. The maximum atomic E-state index is 5.31. The zero-order valence-electron chi connectivity index (χ0n) is 11.1. The fraction of sp³-hybridized carbons (Fsp3) is 0.750. The summed E-state index contributed by atoms with van der Waals surface area (Å²) in [6.07, 6.45) is 2.79. The number of rotatable bonds is 5. The Kier molecular flexibility index (Phi) is 4.69. The highest BCUT2D eigenvalue weighted by atomic mass is 16.5. The van der Waals surface area contributed by atoms with Crippen molar-refractivity contribution in [3.63, 3.8) is 0 Å². The normalized spacial score (nSPS) is 16.1. The van der Waals surface area contributed by atoms with Gasteiger partial charge in [0.1, 0.15) is 0 Å². The molecule has 6 nitrogen and oxygen atoms in total. The van der Waals surface area contributed by atoms with E-state index < -0.39 is 0 Å². The fourth-order valence-corrected chi connectivity index (χ4v) is 1.77. The van der Waals surface area contributed by atoms with Crippen molar-refractivity contribution in [1.29, 1.82) is 0 Å². The molecule has 18 heavy (non-hydrogen) atoms. The maximum absolute atomic E-state index is 5.31. The average Bonchev–Trinajstić information content (AvgIpc) is 2.40. The van der Waals surface area contributed by atoms with Gasteiger partial charge in [0.05, 0.1) is 19.4 Å². The van der Waals surface area contributed by atoms with Crippen LogP contribution in [0.25, 0.3) is 0 Å². The summed E-state index contributed by atoms with van der Waals surface area (Å²) in [7, 11) is 0. The van der Waals surface area contributed by atoms with E-state index in [0.29, 0.717) is 11.9 Å². The van der Waals surface area contributed by atoms with Gasteiger partial charge in [-0.1, -0.05) is 13.8 Å². The largest absolute Gasteiger partial charge is 0.378 e. The van der Waals surface area contributed by atoms with Gasteiger partial charge in [0.25, 0.3) is 0 Å². The minimum atomic E-state index is 0.686. The van der Waals surface area contributed by atoms with Crippen molar-refractivity contribution in [1.82, 2.24) is 15.2 Å². The number of aromatic nitrogens is 3. The Morgan fingerprint density at radius 3 is 2.89 bits per heavy atom. The number of hydrogen-bond donors (Lipinski definition) is 1. The quantitative estimate of drug-likeness (QED) is 0.847. The second-order valence-corrected chi connectivity index (χ2v) is 4.85. The second-order valence-electron chi connectivity index (χ2n) is 4.85. The smallest absolute Gasteiger partial charge is 0.247 e. The molecule has 1 N–H and O–H groups in total. The Morgan fingerprint density at radius 2 is 2.17 bits per heavy atom. The van der Waals surface area contributed by atoms with E-state index in [4.69, 9.17) is 4.74 Å². The van der Waals surface area contributed by atoms with Crippen molar-refractivity contribution in [2.75, 3.05) is 43.1 Å². The molecular weight excluding hydrogens is 230 g/mol. The van der Waals surface area contributed by atoms with Gasteiger partial charge in [0.2, 0.25) is 5.95 Å². The maximum Gasteiger partial charge on any atom is 0.247 e. The van der Waals surface area contributed by atoms with Crippen LogP contribution in [0.3, 0.4) is 0 Å². The summed E-state index contributed by atoms with van der Waals surface area (Å²) in [5.74, 6) is 2.17. The highest BCUT2D eigenvalue weighted by Crippen LogP contribution is 2.11. The van der Waals surface area contributed by atoms with Gasteiger partial charge in [0, 0.05) is 19.6 Å². The number of anilines is 2. The summed E-state index contributed by atoms with van der Waals surface area (Å²) in [6, 6.07) is 0. The molecule has 0 aliphatic carbocycles. The molecule has 1 aliphatic rings. The van der Waals surface area contributed by atoms with Gasteiger partial charge in [0.15, 0.2) is 5.82 Å². The lowest BCUT2D eigenvalue weighted by molar-refractivity contribution is 0.122. The Morgan fingerprint density at radius 1 is 1.39 bits per heavy atom. The molecule has 1 aromatic rings. The van der Waals surface area contributed by atoms with Gasteiger partial charge in [-0.05, 0) is 12.3 Å². The second kappa shape index (κ2) is 6.49. The summed E-state index contributed by atoms with van der Waals surface area (Å²) in [5, 5.41) is 11.4. The highest BCUT2D eigenvalue weighted by Gasteiger charge is 2.14. The predicted molar refractivity (Wildman–Crippen MR) is 70.8 cm³/mol. The molecule has 1 aromatic heterocycles. The van der Waals surface area contributed by atoms with Crippen LogP contribution < -0.4 is 10.2 Å². The first-order valence-electron chi connectivity index (χ1n) is 6.52. The Balaban J connectivity index is 1.91. The summed E-state index contributed by atoms with van der Waals surface area (Å²) in [6.45, 7) is 8.45. The van der Waals surface area contributed by atoms with Crippen LogP contribution in [0.15, 0.2) is 6.20 Å². The van der Waals surface area contributed by atoms with Crippen LogP contribution in [-0.4, -0.2) is 48.0 Å². The van der Waals surface area contributed by atoms with E-state index in [1.807, 2.05) is 0 Å². The molecule has 1 aliphatic heterocycles. The Labute approximate surface area is 108 Å². The molecule has 0 aromatic carbocycles. The van der Waals surface area contributed by atoms with Crippen LogP contribution in [-0.2, 0) is 4.74 Å². The molecule has 0 spiro atoms.